The van der Waals surface area contributed by atoms with Gasteiger partial charge in [-0.25, -0.2) is 4.79 Å². The van der Waals surface area contributed by atoms with Crippen LogP contribution in [0.1, 0.15) is 52.4 Å². The molecule has 152 valence electrons. The highest BCUT2D eigenvalue weighted by molar-refractivity contribution is 5.93. The molecule has 4 aliphatic carbocycles. The van der Waals surface area contributed by atoms with Crippen molar-refractivity contribution in [3.63, 3.8) is 0 Å². The minimum atomic E-state index is -0.979. The Bertz CT molecular complexity index is 861. The van der Waals surface area contributed by atoms with Crippen LogP contribution in [0.15, 0.2) is 22.3 Å². The van der Waals surface area contributed by atoms with Gasteiger partial charge < -0.3 is 14.9 Å². The Morgan fingerprint density at radius 2 is 2.04 bits per heavy atom. The quantitative estimate of drug-likeness (QED) is 0.679. The average molecular weight is 386 g/mol. The Labute approximate surface area is 166 Å². The van der Waals surface area contributed by atoms with Gasteiger partial charge in [0, 0.05) is 30.0 Å². The lowest BCUT2D eigenvalue weighted by Crippen LogP contribution is -2.77. The van der Waals surface area contributed by atoms with Crippen LogP contribution in [0.2, 0.25) is 0 Å². The highest BCUT2D eigenvalue weighted by atomic mass is 16.5. The van der Waals surface area contributed by atoms with Crippen LogP contribution < -0.4 is 0 Å². The van der Waals surface area contributed by atoms with Gasteiger partial charge in [0.15, 0.2) is 0 Å². The number of carbonyl (C=O) groups is 1. The van der Waals surface area contributed by atoms with Crippen LogP contribution in [0, 0.1) is 28.6 Å². The van der Waals surface area contributed by atoms with Crippen LogP contribution >= 0.6 is 0 Å². The molecule has 4 bridgehead atoms. The number of aliphatic hydroxyl groups excluding tert-OH is 1. The number of carbonyl (C=O) groups excluding carboxylic acids is 1. The summed E-state index contributed by atoms with van der Waals surface area (Å²) in [4.78, 5) is 15.1. The second kappa shape index (κ2) is 5.11. The first-order valence-corrected chi connectivity index (χ1v) is 11.0. The number of rotatable bonds is 1. The van der Waals surface area contributed by atoms with Crippen LogP contribution in [0.4, 0.5) is 0 Å². The van der Waals surface area contributed by atoms with Crippen LogP contribution in [-0.2, 0) is 9.53 Å². The van der Waals surface area contributed by atoms with E-state index in [1.807, 2.05) is 0 Å². The van der Waals surface area contributed by atoms with E-state index < -0.39 is 22.7 Å². The van der Waals surface area contributed by atoms with E-state index in [4.69, 9.17) is 4.74 Å². The summed E-state index contributed by atoms with van der Waals surface area (Å²) in [6.07, 6.45) is 4.71. The molecule has 0 aromatic heterocycles. The Morgan fingerprint density at radius 1 is 1.25 bits per heavy atom. The number of hydrogen-bond donors (Lipinski definition) is 2. The monoisotopic (exact) mass is 385 g/mol. The van der Waals surface area contributed by atoms with Gasteiger partial charge in [-0.1, -0.05) is 19.4 Å². The summed E-state index contributed by atoms with van der Waals surface area (Å²) in [7, 11) is 1.46. The van der Waals surface area contributed by atoms with Crippen molar-refractivity contribution in [1.82, 2.24) is 4.90 Å². The number of aliphatic hydroxyl groups is 2. The lowest BCUT2D eigenvalue weighted by atomic mass is 9.41. The predicted octanol–water partition coefficient (Wildman–Crippen LogP) is 2.39. The summed E-state index contributed by atoms with van der Waals surface area (Å²) in [5, 5.41) is 24.2. The molecule has 0 unspecified atom stereocenters. The van der Waals surface area contributed by atoms with Crippen LogP contribution in [0.5, 0.6) is 0 Å². The van der Waals surface area contributed by atoms with E-state index in [2.05, 4.69) is 18.7 Å². The highest BCUT2D eigenvalue weighted by Gasteiger charge is 2.81. The van der Waals surface area contributed by atoms with Gasteiger partial charge in [0.1, 0.15) is 5.72 Å². The van der Waals surface area contributed by atoms with E-state index in [1.54, 1.807) is 0 Å². The lowest BCUT2D eigenvalue weighted by molar-refractivity contribution is -0.318. The van der Waals surface area contributed by atoms with Crippen molar-refractivity contribution in [1.29, 1.82) is 0 Å². The Morgan fingerprint density at radius 3 is 2.79 bits per heavy atom. The van der Waals surface area contributed by atoms with Gasteiger partial charge in [-0.2, -0.15) is 0 Å². The van der Waals surface area contributed by atoms with Crippen molar-refractivity contribution < 1.29 is 19.7 Å². The van der Waals surface area contributed by atoms with E-state index >= 15 is 0 Å². The van der Waals surface area contributed by atoms with Crippen LogP contribution in [0.3, 0.4) is 0 Å². The molecule has 0 aromatic carbocycles. The summed E-state index contributed by atoms with van der Waals surface area (Å²) in [5.41, 5.74) is 2.61. The molecule has 5 nitrogen and oxygen atoms in total. The second-order valence-electron chi connectivity index (χ2n) is 10.5. The molecule has 0 amide bonds. The molecular weight excluding hydrogens is 354 g/mol. The summed E-state index contributed by atoms with van der Waals surface area (Å²) in [6.45, 7) is 6.19. The van der Waals surface area contributed by atoms with Crippen molar-refractivity contribution in [2.45, 2.75) is 64.2 Å². The normalized spacial score (nSPS) is 51.5. The van der Waals surface area contributed by atoms with Crippen molar-refractivity contribution in [2.24, 2.45) is 28.6 Å². The molecule has 0 aromatic rings. The van der Waals surface area contributed by atoms with Crippen LogP contribution in [-0.4, -0.2) is 53.1 Å². The second-order valence-corrected chi connectivity index (χ2v) is 10.5. The Kier molecular flexibility index (Phi) is 3.22. The zero-order valence-electron chi connectivity index (χ0n) is 17.1. The highest BCUT2D eigenvalue weighted by Crippen LogP contribution is 2.78. The zero-order valence-corrected chi connectivity index (χ0v) is 17.1. The number of esters is 1. The molecule has 0 radical (unpaired) electrons. The molecule has 28 heavy (non-hydrogen) atoms. The summed E-state index contributed by atoms with van der Waals surface area (Å²) >= 11 is 0. The van der Waals surface area contributed by atoms with Gasteiger partial charge in [0.05, 0.1) is 18.6 Å². The number of allylic oxidation sites excluding steroid dienone is 2. The van der Waals surface area contributed by atoms with E-state index in [9.17, 15) is 15.0 Å². The lowest BCUT2D eigenvalue weighted by Gasteiger charge is -2.70. The molecule has 2 heterocycles. The van der Waals surface area contributed by atoms with Gasteiger partial charge in [-0.05, 0) is 61.5 Å². The van der Waals surface area contributed by atoms with Crippen molar-refractivity contribution in [3.8, 4) is 0 Å². The molecule has 1 saturated carbocycles. The molecule has 2 N–H and O–H groups in total. The summed E-state index contributed by atoms with van der Waals surface area (Å²) in [6, 6.07) is 0. The Balaban J connectivity index is 1.69. The van der Waals surface area contributed by atoms with Crippen molar-refractivity contribution in [2.75, 3.05) is 20.2 Å². The molecule has 3 fully saturated rings. The molecule has 2 saturated heterocycles. The van der Waals surface area contributed by atoms with E-state index in [0.717, 1.165) is 49.9 Å². The predicted molar refractivity (Wildman–Crippen MR) is 103 cm³/mol. The minimum Gasteiger partial charge on any atom is -0.466 e. The maximum Gasteiger partial charge on any atom is 0.334 e. The first kappa shape index (κ1) is 17.7. The van der Waals surface area contributed by atoms with E-state index in [-0.39, 0.29) is 11.9 Å². The summed E-state index contributed by atoms with van der Waals surface area (Å²) < 4.78 is 5.18. The largest absolute Gasteiger partial charge is 0.466 e. The maximum absolute atomic E-state index is 12.8. The minimum absolute atomic E-state index is 0.0437. The molecule has 6 rings (SSSR count). The maximum atomic E-state index is 12.8. The number of ether oxygens (including phenoxy) is 1. The standard InChI is InChI=1S/C23H31NO4/c1-12-10-24-11-14-6-4-13-5-7-15-16(20(26)28-3)9-22(19(13)15)21(14,2)18(25)8-17(12)23(22,24)27/h12,14,17-18,25,27H,4-11H2,1-3H3/t12-,14-,17-,18+,21-,22-,23-/m1/s1. The van der Waals surface area contributed by atoms with E-state index in [0.29, 0.717) is 24.7 Å². The number of hydrogen-bond acceptors (Lipinski definition) is 5. The van der Waals surface area contributed by atoms with Crippen molar-refractivity contribution >= 4 is 5.97 Å². The van der Waals surface area contributed by atoms with Gasteiger partial charge in [-0.15, -0.1) is 0 Å². The summed E-state index contributed by atoms with van der Waals surface area (Å²) in [5.74, 6) is 0.471. The first-order chi connectivity index (χ1) is 13.3. The zero-order chi connectivity index (χ0) is 19.6. The Hall–Kier alpha value is -1.17. The fourth-order valence-corrected chi connectivity index (χ4v) is 8.83. The van der Waals surface area contributed by atoms with Gasteiger partial charge in [-0.3, -0.25) is 4.90 Å². The molecule has 6 aliphatic rings. The number of methoxy groups -OCH3 is 1. The van der Waals surface area contributed by atoms with Gasteiger partial charge in [0.25, 0.3) is 0 Å². The first-order valence-electron chi connectivity index (χ1n) is 11.0. The van der Waals surface area contributed by atoms with Gasteiger partial charge in [0.2, 0.25) is 0 Å². The SMILES string of the molecule is COC(=O)C1=C2CCC3=C2[C@]2(C1)[C@]1(C)[C@H](CC3)CN3C[C@@H](C)[C@@H](C[C@@H]1O)[C@]32O. The topological polar surface area (TPSA) is 70.0 Å². The van der Waals surface area contributed by atoms with Crippen molar-refractivity contribution in [3.05, 3.63) is 22.3 Å². The molecule has 1 spiro atoms. The van der Waals surface area contributed by atoms with E-state index in [1.165, 1.54) is 18.3 Å². The molecule has 7 atom stereocenters. The smallest absolute Gasteiger partial charge is 0.334 e. The molecule has 5 heteroatoms. The number of nitrogens with zero attached hydrogens (tertiary/aromatic N) is 1. The molecule has 2 aliphatic heterocycles. The number of piperidine rings is 1. The molecular formula is C23H31NO4. The third-order valence-corrected chi connectivity index (χ3v) is 9.99. The fraction of sp³-hybridized carbons (Fsp3) is 0.783. The third kappa shape index (κ3) is 1.54. The fourth-order valence-electron chi connectivity index (χ4n) is 8.83. The van der Waals surface area contributed by atoms with Crippen LogP contribution in [0.25, 0.3) is 0 Å². The van der Waals surface area contributed by atoms with Gasteiger partial charge >= 0.3 is 5.97 Å². The third-order valence-electron chi connectivity index (χ3n) is 9.99. The average Bonchev–Trinajstić information content (AvgIpc) is 3.29.